The van der Waals surface area contributed by atoms with E-state index in [1.54, 1.807) is 0 Å². The molecule has 0 unspecified atom stereocenters. The minimum atomic E-state index is 0.877. The van der Waals surface area contributed by atoms with Gasteiger partial charge in [-0.25, -0.2) is 0 Å². The molecule has 0 aliphatic carbocycles. The zero-order valence-electron chi connectivity index (χ0n) is 47.6. The molecule has 2 heterocycles. The van der Waals surface area contributed by atoms with Crippen LogP contribution in [-0.2, 0) is 0 Å². The predicted octanol–water partition coefficient (Wildman–Crippen LogP) is 23.7. The highest BCUT2D eigenvalue weighted by Gasteiger charge is 2.25. The van der Waals surface area contributed by atoms with Crippen molar-refractivity contribution in [3.8, 4) is 55.6 Å². The van der Waals surface area contributed by atoms with Crippen LogP contribution in [0.25, 0.3) is 121 Å². The van der Waals surface area contributed by atoms with Crippen LogP contribution in [0.3, 0.4) is 0 Å². The Morgan fingerprint density at radius 2 is 0.570 bits per heavy atom. The van der Waals surface area contributed by atoms with Gasteiger partial charge in [0.2, 0.25) is 0 Å². The average Bonchev–Trinajstić information content (AvgIpc) is 1.80. The third-order valence-corrected chi connectivity index (χ3v) is 17.3. The first-order valence-electron chi connectivity index (χ1n) is 29.5. The van der Waals surface area contributed by atoms with E-state index in [1.807, 2.05) is 12.1 Å². The molecule has 0 N–H and O–H groups in total. The lowest BCUT2D eigenvalue weighted by Gasteiger charge is -2.30. The molecule has 4 nitrogen and oxygen atoms in total. The monoisotopic (exact) mass is 1100 g/mol. The largest absolute Gasteiger partial charge is 0.455 e. The fourth-order valence-corrected chi connectivity index (χ4v) is 13.0. The van der Waals surface area contributed by atoms with Gasteiger partial charge < -0.3 is 18.6 Å². The van der Waals surface area contributed by atoms with Crippen LogP contribution in [0.2, 0.25) is 0 Å². The number of benzene rings is 14. The van der Waals surface area contributed by atoms with Crippen molar-refractivity contribution < 1.29 is 8.83 Å². The van der Waals surface area contributed by atoms with E-state index in [0.717, 1.165) is 134 Å². The molecular weight excluding hydrogens is 1040 g/mol. The Kier molecular flexibility index (Phi) is 12.3. The molecular formula is C82H56N2O2. The summed E-state index contributed by atoms with van der Waals surface area (Å²) in [5.74, 6) is 0. The molecule has 0 amide bonds. The summed E-state index contributed by atoms with van der Waals surface area (Å²) >= 11 is 0. The van der Waals surface area contributed by atoms with Crippen LogP contribution in [0.5, 0.6) is 0 Å². The molecule has 0 atom stereocenters. The summed E-state index contributed by atoms with van der Waals surface area (Å²) in [4.78, 5) is 4.84. The molecule has 0 bridgehead atoms. The van der Waals surface area contributed by atoms with Crippen LogP contribution in [0.15, 0.2) is 312 Å². The molecule has 16 aromatic rings. The molecule has 4 heteroatoms. The topological polar surface area (TPSA) is 32.8 Å². The van der Waals surface area contributed by atoms with Crippen LogP contribution in [0, 0.1) is 13.8 Å². The van der Waals surface area contributed by atoms with Gasteiger partial charge in [0, 0.05) is 66.5 Å². The number of aryl methyl sites for hydroxylation is 2. The summed E-state index contributed by atoms with van der Waals surface area (Å²) < 4.78 is 13.4. The van der Waals surface area contributed by atoms with Gasteiger partial charge in [0.05, 0.1) is 11.4 Å². The van der Waals surface area contributed by atoms with E-state index in [-0.39, 0.29) is 0 Å². The highest BCUT2D eigenvalue weighted by atomic mass is 16.3. The van der Waals surface area contributed by atoms with Gasteiger partial charge in [0.1, 0.15) is 22.3 Å². The minimum absolute atomic E-state index is 0.877. The highest BCUT2D eigenvalue weighted by molar-refractivity contribution is 6.12. The van der Waals surface area contributed by atoms with E-state index in [9.17, 15) is 0 Å². The van der Waals surface area contributed by atoms with Gasteiger partial charge in [-0.3, -0.25) is 0 Å². The van der Waals surface area contributed by atoms with Gasteiger partial charge in [-0.15, -0.1) is 0 Å². The molecule has 0 aliphatic rings. The standard InChI is InChI=1S/C82H56N2O2/c1-53-49-61(41-47-75(53)83(65-43-37-57(38-44-65)63-35-33-55-17-3-5-19-59(55)51-63)77-29-11-7-21-67(77)71-25-15-27-73-69-23-9-13-31-79(69)85-81(71)73)62-42-48-76(54(2)50-62)84(66-45-39-58(40-46-66)64-36-34-56-18-4-6-20-60(56)52-64)78-30-12-8-22-68(78)72-26-16-28-74-70-24-10-14-32-80(70)86-82(72)74/h3-52H,1-2H3. The van der Waals surface area contributed by atoms with Gasteiger partial charge in [-0.1, -0.05) is 218 Å². The minimum Gasteiger partial charge on any atom is -0.455 e. The molecule has 0 fully saturated rings. The number of anilines is 6. The molecule has 0 radical (unpaired) electrons. The molecule has 14 aromatic carbocycles. The normalized spacial score (nSPS) is 11.6. The Morgan fingerprint density at radius 1 is 0.233 bits per heavy atom. The zero-order chi connectivity index (χ0) is 57.2. The van der Waals surface area contributed by atoms with Crippen molar-refractivity contribution in [2.24, 2.45) is 0 Å². The Hall–Kier alpha value is -11.2. The molecule has 0 aliphatic heterocycles. The van der Waals surface area contributed by atoms with E-state index in [4.69, 9.17) is 8.83 Å². The quantitative estimate of drug-likeness (QED) is 0.129. The molecule has 0 saturated carbocycles. The van der Waals surface area contributed by atoms with Crippen molar-refractivity contribution in [3.63, 3.8) is 0 Å². The maximum absolute atomic E-state index is 6.71. The number of hydrogen-bond acceptors (Lipinski definition) is 4. The summed E-state index contributed by atoms with van der Waals surface area (Å²) in [6, 6.07) is 110. The van der Waals surface area contributed by atoms with Crippen molar-refractivity contribution in [1.29, 1.82) is 0 Å². The van der Waals surface area contributed by atoms with Crippen molar-refractivity contribution in [3.05, 3.63) is 314 Å². The van der Waals surface area contributed by atoms with Gasteiger partial charge in [-0.2, -0.15) is 0 Å². The molecule has 0 saturated heterocycles. The highest BCUT2D eigenvalue weighted by Crippen LogP contribution is 2.49. The van der Waals surface area contributed by atoms with E-state index < -0.39 is 0 Å². The van der Waals surface area contributed by atoms with Crippen LogP contribution in [0.1, 0.15) is 11.1 Å². The van der Waals surface area contributed by atoms with Crippen LogP contribution in [0.4, 0.5) is 34.1 Å². The second-order valence-electron chi connectivity index (χ2n) is 22.5. The van der Waals surface area contributed by atoms with Crippen molar-refractivity contribution in [2.75, 3.05) is 9.80 Å². The molecule has 406 valence electrons. The SMILES string of the molecule is Cc1cc(-c2ccc(N(c3ccc(-c4ccc5ccccc5c4)cc3)c3ccccc3-c3cccc4c3oc3ccccc34)c(C)c2)ccc1N(c1ccc(-c2ccc3ccccc3c2)cc1)c1ccccc1-c1cccc2c1oc1ccccc12. The molecule has 0 spiro atoms. The first-order chi connectivity index (χ1) is 42.5. The lowest BCUT2D eigenvalue weighted by atomic mass is 9.96. The fourth-order valence-electron chi connectivity index (χ4n) is 13.0. The van der Waals surface area contributed by atoms with Crippen LogP contribution in [-0.4, -0.2) is 0 Å². The lowest BCUT2D eigenvalue weighted by molar-refractivity contribution is 0.669. The van der Waals surface area contributed by atoms with Crippen molar-refractivity contribution >= 4 is 99.5 Å². The van der Waals surface area contributed by atoms with Gasteiger partial charge in [0.15, 0.2) is 0 Å². The molecule has 86 heavy (non-hydrogen) atoms. The Balaban J connectivity index is 0.805. The zero-order valence-corrected chi connectivity index (χ0v) is 47.6. The van der Waals surface area contributed by atoms with Gasteiger partial charge in [-0.05, 0) is 165 Å². The number of fused-ring (bicyclic) bond motifs is 8. The Bertz CT molecular complexity index is 4950. The van der Waals surface area contributed by atoms with E-state index in [1.165, 1.54) is 32.7 Å². The van der Waals surface area contributed by atoms with Crippen molar-refractivity contribution in [1.82, 2.24) is 0 Å². The summed E-state index contributed by atoms with van der Waals surface area (Å²) in [7, 11) is 0. The maximum Gasteiger partial charge on any atom is 0.143 e. The first kappa shape index (κ1) is 50.5. The average molecular weight is 1100 g/mol. The number of hydrogen-bond donors (Lipinski definition) is 0. The summed E-state index contributed by atoms with van der Waals surface area (Å²) in [6.45, 7) is 4.48. The smallest absolute Gasteiger partial charge is 0.143 e. The van der Waals surface area contributed by atoms with Crippen LogP contribution >= 0.6 is 0 Å². The summed E-state index contributed by atoms with van der Waals surface area (Å²) in [5.41, 5.74) is 23.4. The third kappa shape index (κ3) is 8.78. The van der Waals surface area contributed by atoms with E-state index in [0.29, 0.717) is 0 Å². The van der Waals surface area contributed by atoms with E-state index in [2.05, 4.69) is 315 Å². The number of nitrogens with zero attached hydrogens (tertiary/aromatic N) is 2. The number of para-hydroxylation sites is 6. The second kappa shape index (κ2) is 20.9. The number of rotatable bonds is 11. The second-order valence-corrected chi connectivity index (χ2v) is 22.5. The third-order valence-electron chi connectivity index (χ3n) is 17.3. The van der Waals surface area contributed by atoms with Crippen LogP contribution < -0.4 is 9.80 Å². The van der Waals surface area contributed by atoms with Crippen molar-refractivity contribution in [2.45, 2.75) is 13.8 Å². The van der Waals surface area contributed by atoms with Gasteiger partial charge >= 0.3 is 0 Å². The first-order valence-corrected chi connectivity index (χ1v) is 29.5. The lowest BCUT2D eigenvalue weighted by Crippen LogP contribution is -2.13. The Labute approximate surface area is 499 Å². The summed E-state index contributed by atoms with van der Waals surface area (Å²) in [6.07, 6.45) is 0. The molecule has 2 aromatic heterocycles. The number of furan rings is 2. The predicted molar refractivity (Wildman–Crippen MR) is 362 cm³/mol. The Morgan fingerprint density at radius 3 is 1.01 bits per heavy atom. The van der Waals surface area contributed by atoms with E-state index >= 15 is 0 Å². The fraction of sp³-hybridized carbons (Fsp3) is 0.0244. The maximum atomic E-state index is 6.71. The van der Waals surface area contributed by atoms with Gasteiger partial charge in [0.25, 0.3) is 0 Å². The summed E-state index contributed by atoms with van der Waals surface area (Å²) in [5, 5.41) is 9.34. The molecule has 16 rings (SSSR count).